The van der Waals surface area contributed by atoms with Crippen molar-refractivity contribution >= 4 is 16.7 Å². The Bertz CT molecular complexity index is 551. The van der Waals surface area contributed by atoms with Crippen molar-refractivity contribution in [1.82, 2.24) is 5.32 Å². The molecule has 0 aromatic heterocycles. The van der Waals surface area contributed by atoms with Crippen LogP contribution in [0.4, 0.5) is 0 Å². The molecule has 1 atom stereocenters. The van der Waals surface area contributed by atoms with Crippen LogP contribution in [0.1, 0.15) is 13.3 Å². The molecular formula is C15H17NO2. The largest absolute Gasteiger partial charge is 0.481 e. The first kappa shape index (κ1) is 12.4. The van der Waals surface area contributed by atoms with Gasteiger partial charge in [-0.1, -0.05) is 37.3 Å². The zero-order valence-electron chi connectivity index (χ0n) is 10.6. The molecule has 0 saturated heterocycles. The maximum Gasteiger partial charge on any atom is 0.260 e. The molecule has 0 heterocycles. The van der Waals surface area contributed by atoms with Crippen molar-refractivity contribution in [2.75, 3.05) is 7.05 Å². The lowest BCUT2D eigenvalue weighted by Crippen LogP contribution is -2.35. The van der Waals surface area contributed by atoms with Crippen molar-refractivity contribution < 1.29 is 9.53 Å². The Morgan fingerprint density at radius 3 is 2.61 bits per heavy atom. The third-order valence-electron chi connectivity index (χ3n) is 2.91. The molecule has 94 valence electrons. The smallest absolute Gasteiger partial charge is 0.260 e. The Labute approximate surface area is 107 Å². The number of fused-ring (bicyclic) bond motifs is 1. The van der Waals surface area contributed by atoms with Crippen LogP contribution in [-0.4, -0.2) is 19.1 Å². The molecule has 1 amide bonds. The predicted octanol–water partition coefficient (Wildman–Crippen LogP) is 2.74. The van der Waals surface area contributed by atoms with Crippen LogP contribution in [0.3, 0.4) is 0 Å². The van der Waals surface area contributed by atoms with Crippen LogP contribution >= 0.6 is 0 Å². The highest BCUT2D eigenvalue weighted by Gasteiger charge is 2.16. The summed E-state index contributed by atoms with van der Waals surface area (Å²) in [5.74, 6) is 0.634. The van der Waals surface area contributed by atoms with Gasteiger partial charge < -0.3 is 10.1 Å². The van der Waals surface area contributed by atoms with Gasteiger partial charge in [0.15, 0.2) is 6.10 Å². The van der Waals surface area contributed by atoms with E-state index in [1.54, 1.807) is 7.05 Å². The second-order valence-corrected chi connectivity index (χ2v) is 4.14. The summed E-state index contributed by atoms with van der Waals surface area (Å²) in [4.78, 5) is 11.6. The summed E-state index contributed by atoms with van der Waals surface area (Å²) in [6.45, 7) is 1.93. The van der Waals surface area contributed by atoms with E-state index >= 15 is 0 Å². The lowest BCUT2D eigenvalue weighted by atomic mass is 10.1. The first-order chi connectivity index (χ1) is 8.74. The normalized spacial score (nSPS) is 12.1. The highest BCUT2D eigenvalue weighted by Crippen LogP contribution is 2.21. The summed E-state index contributed by atoms with van der Waals surface area (Å²) in [7, 11) is 1.62. The number of hydrogen-bond acceptors (Lipinski definition) is 2. The first-order valence-corrected chi connectivity index (χ1v) is 6.11. The molecule has 0 aliphatic carbocycles. The van der Waals surface area contributed by atoms with E-state index < -0.39 is 6.10 Å². The van der Waals surface area contributed by atoms with Gasteiger partial charge in [0.25, 0.3) is 5.91 Å². The lowest BCUT2D eigenvalue weighted by Gasteiger charge is -2.16. The fourth-order valence-electron chi connectivity index (χ4n) is 1.89. The fraction of sp³-hybridized carbons (Fsp3) is 0.267. The second kappa shape index (κ2) is 5.54. The zero-order chi connectivity index (χ0) is 13.0. The molecule has 2 aromatic carbocycles. The molecule has 1 unspecified atom stereocenters. The average molecular weight is 243 g/mol. The number of amides is 1. The second-order valence-electron chi connectivity index (χ2n) is 4.14. The predicted molar refractivity (Wildman–Crippen MR) is 72.7 cm³/mol. The van der Waals surface area contributed by atoms with Crippen LogP contribution in [0.25, 0.3) is 10.8 Å². The minimum absolute atomic E-state index is 0.0920. The van der Waals surface area contributed by atoms with Crippen LogP contribution in [0.5, 0.6) is 5.75 Å². The molecule has 3 heteroatoms. The molecule has 0 aliphatic rings. The number of rotatable bonds is 4. The number of likely N-dealkylation sites (N-methyl/N-ethyl adjacent to an activating group) is 1. The van der Waals surface area contributed by atoms with E-state index in [1.807, 2.05) is 43.3 Å². The van der Waals surface area contributed by atoms with Crippen LogP contribution in [0, 0.1) is 0 Å². The van der Waals surface area contributed by atoms with Gasteiger partial charge in [-0.15, -0.1) is 0 Å². The monoisotopic (exact) mass is 243 g/mol. The van der Waals surface area contributed by atoms with Crippen LogP contribution in [-0.2, 0) is 4.79 Å². The van der Waals surface area contributed by atoms with E-state index in [1.165, 1.54) is 0 Å². The van der Waals surface area contributed by atoms with Crippen molar-refractivity contribution in [3.8, 4) is 5.75 Å². The van der Waals surface area contributed by atoms with Crippen molar-refractivity contribution in [2.24, 2.45) is 0 Å². The number of ether oxygens (including phenoxy) is 1. The molecule has 0 aliphatic heterocycles. The highest BCUT2D eigenvalue weighted by molar-refractivity contribution is 5.84. The van der Waals surface area contributed by atoms with E-state index in [9.17, 15) is 4.79 Å². The summed E-state index contributed by atoms with van der Waals surface area (Å²) in [6.07, 6.45) is 0.211. The lowest BCUT2D eigenvalue weighted by molar-refractivity contribution is -0.127. The summed E-state index contributed by atoms with van der Waals surface area (Å²) in [5, 5.41) is 4.89. The number of benzene rings is 2. The van der Waals surface area contributed by atoms with Gasteiger partial charge in [-0.05, 0) is 29.3 Å². The quantitative estimate of drug-likeness (QED) is 0.896. The molecule has 2 rings (SSSR count). The summed E-state index contributed by atoms with van der Waals surface area (Å²) in [5.41, 5.74) is 0. The third-order valence-corrected chi connectivity index (χ3v) is 2.91. The molecule has 0 radical (unpaired) electrons. The van der Waals surface area contributed by atoms with E-state index in [0.29, 0.717) is 6.42 Å². The molecule has 0 fully saturated rings. The van der Waals surface area contributed by atoms with Crippen molar-refractivity contribution in [1.29, 1.82) is 0 Å². The molecule has 0 bridgehead atoms. The topological polar surface area (TPSA) is 38.3 Å². The molecule has 0 spiro atoms. The molecule has 0 saturated carbocycles. The van der Waals surface area contributed by atoms with Gasteiger partial charge in [0, 0.05) is 7.05 Å². The van der Waals surface area contributed by atoms with Gasteiger partial charge in [0.2, 0.25) is 0 Å². The number of carbonyl (C=O) groups is 1. The molecule has 1 N–H and O–H groups in total. The van der Waals surface area contributed by atoms with Crippen LogP contribution in [0.15, 0.2) is 42.5 Å². The maximum absolute atomic E-state index is 11.6. The Morgan fingerprint density at radius 2 is 1.94 bits per heavy atom. The van der Waals surface area contributed by atoms with Crippen molar-refractivity contribution in [3.63, 3.8) is 0 Å². The van der Waals surface area contributed by atoms with Gasteiger partial charge in [0.05, 0.1) is 0 Å². The van der Waals surface area contributed by atoms with E-state index in [4.69, 9.17) is 4.74 Å². The summed E-state index contributed by atoms with van der Waals surface area (Å²) < 4.78 is 5.71. The van der Waals surface area contributed by atoms with Gasteiger partial charge in [-0.25, -0.2) is 0 Å². The Balaban J connectivity index is 2.23. The Hall–Kier alpha value is -2.03. The van der Waals surface area contributed by atoms with E-state index in [-0.39, 0.29) is 5.91 Å². The number of carbonyl (C=O) groups excluding carboxylic acids is 1. The summed E-state index contributed by atoms with van der Waals surface area (Å²) in [6, 6.07) is 13.9. The molecular weight excluding hydrogens is 226 g/mol. The standard InChI is InChI=1S/C15H17NO2/c1-3-14(15(17)16-2)18-13-9-8-11-6-4-5-7-12(11)10-13/h4-10,14H,3H2,1-2H3,(H,16,17). The van der Waals surface area contributed by atoms with Gasteiger partial charge in [0.1, 0.15) is 5.75 Å². The summed E-state index contributed by atoms with van der Waals surface area (Å²) >= 11 is 0. The third kappa shape index (κ3) is 2.62. The minimum atomic E-state index is -0.434. The maximum atomic E-state index is 11.6. The zero-order valence-corrected chi connectivity index (χ0v) is 10.6. The minimum Gasteiger partial charge on any atom is -0.481 e. The SMILES string of the molecule is CCC(Oc1ccc2ccccc2c1)C(=O)NC. The van der Waals surface area contributed by atoms with Gasteiger partial charge in [-0.3, -0.25) is 4.79 Å². The van der Waals surface area contributed by atoms with Gasteiger partial charge >= 0.3 is 0 Å². The number of nitrogens with one attached hydrogen (secondary N) is 1. The van der Waals surface area contributed by atoms with Crippen molar-refractivity contribution in [3.05, 3.63) is 42.5 Å². The van der Waals surface area contributed by atoms with Gasteiger partial charge in [-0.2, -0.15) is 0 Å². The van der Waals surface area contributed by atoms with Crippen molar-refractivity contribution in [2.45, 2.75) is 19.4 Å². The van der Waals surface area contributed by atoms with E-state index in [2.05, 4.69) is 11.4 Å². The molecule has 2 aromatic rings. The van der Waals surface area contributed by atoms with Crippen LogP contribution < -0.4 is 10.1 Å². The molecule has 3 nitrogen and oxygen atoms in total. The first-order valence-electron chi connectivity index (χ1n) is 6.11. The van der Waals surface area contributed by atoms with E-state index in [0.717, 1.165) is 16.5 Å². The fourth-order valence-corrected chi connectivity index (χ4v) is 1.89. The average Bonchev–Trinajstić information content (AvgIpc) is 2.43. The van der Waals surface area contributed by atoms with Crippen LogP contribution in [0.2, 0.25) is 0 Å². The Morgan fingerprint density at radius 1 is 1.22 bits per heavy atom. The molecule has 18 heavy (non-hydrogen) atoms. The number of hydrogen-bond donors (Lipinski definition) is 1. The highest BCUT2D eigenvalue weighted by atomic mass is 16.5. The Kier molecular flexibility index (Phi) is 3.82.